The van der Waals surface area contributed by atoms with Crippen molar-refractivity contribution >= 4 is 12.0 Å². The van der Waals surface area contributed by atoms with Gasteiger partial charge in [0.25, 0.3) is 0 Å². The minimum atomic E-state index is -1.01. The largest absolute Gasteiger partial charge is 0.479 e. The average Bonchev–Trinajstić information content (AvgIpc) is 2.44. The highest BCUT2D eigenvalue weighted by atomic mass is 16.5. The lowest BCUT2D eigenvalue weighted by Crippen LogP contribution is -2.55. The third-order valence-corrected chi connectivity index (χ3v) is 4.64. The molecule has 0 radical (unpaired) electrons. The first kappa shape index (κ1) is 15.1. The zero-order valence-corrected chi connectivity index (χ0v) is 12.2. The number of urea groups is 1. The zero-order valence-electron chi connectivity index (χ0n) is 12.2. The first-order chi connectivity index (χ1) is 9.49. The van der Waals surface area contributed by atoms with Gasteiger partial charge in [-0.2, -0.15) is 0 Å². The van der Waals surface area contributed by atoms with E-state index in [9.17, 15) is 9.59 Å². The molecule has 1 aliphatic heterocycles. The van der Waals surface area contributed by atoms with Gasteiger partial charge in [-0.15, -0.1) is 0 Å². The van der Waals surface area contributed by atoms with Crippen LogP contribution in [0.25, 0.3) is 0 Å². The lowest BCUT2D eigenvalue weighted by atomic mass is 9.78. The maximum atomic E-state index is 12.3. The van der Waals surface area contributed by atoms with Crippen LogP contribution in [0.1, 0.15) is 33.1 Å². The summed E-state index contributed by atoms with van der Waals surface area (Å²) in [4.78, 5) is 24.7. The number of hydrogen-bond acceptors (Lipinski definition) is 3. The molecule has 2 amide bonds. The lowest BCUT2D eigenvalue weighted by Gasteiger charge is -2.37. The number of rotatable bonds is 2. The van der Waals surface area contributed by atoms with Gasteiger partial charge in [0.2, 0.25) is 0 Å². The first-order valence-electron chi connectivity index (χ1n) is 7.39. The van der Waals surface area contributed by atoms with Gasteiger partial charge in [-0.25, -0.2) is 9.59 Å². The molecule has 1 saturated heterocycles. The molecule has 0 spiro atoms. The van der Waals surface area contributed by atoms with Crippen LogP contribution in [0.3, 0.4) is 0 Å². The fourth-order valence-electron chi connectivity index (χ4n) is 3.02. The number of carboxylic acids is 1. The van der Waals surface area contributed by atoms with Gasteiger partial charge < -0.3 is 20.1 Å². The summed E-state index contributed by atoms with van der Waals surface area (Å²) >= 11 is 0. The molecule has 0 aromatic carbocycles. The minimum absolute atomic E-state index is 0.123. The second-order valence-electron chi connectivity index (χ2n) is 5.97. The summed E-state index contributed by atoms with van der Waals surface area (Å²) in [5, 5.41) is 12.0. The Bertz CT molecular complexity index is 374. The first-order valence-corrected chi connectivity index (χ1v) is 7.39. The Hall–Kier alpha value is -1.30. The van der Waals surface area contributed by atoms with Crippen LogP contribution < -0.4 is 5.32 Å². The summed E-state index contributed by atoms with van der Waals surface area (Å²) in [6.45, 7) is 5.25. The minimum Gasteiger partial charge on any atom is -0.479 e. The van der Waals surface area contributed by atoms with Crippen molar-refractivity contribution in [3.63, 3.8) is 0 Å². The van der Waals surface area contributed by atoms with E-state index in [1.54, 1.807) is 4.90 Å². The molecule has 1 heterocycles. The molecule has 6 nitrogen and oxygen atoms in total. The van der Waals surface area contributed by atoms with Crippen LogP contribution in [0, 0.1) is 11.8 Å². The molecular weight excluding hydrogens is 260 g/mol. The molecule has 0 aromatic rings. The Kier molecular flexibility index (Phi) is 4.86. The Labute approximate surface area is 119 Å². The van der Waals surface area contributed by atoms with E-state index in [2.05, 4.69) is 19.2 Å². The molecule has 2 rings (SSSR count). The van der Waals surface area contributed by atoms with Gasteiger partial charge in [-0.1, -0.05) is 26.7 Å². The van der Waals surface area contributed by atoms with Gasteiger partial charge in [0.15, 0.2) is 6.10 Å². The normalized spacial score (nSPS) is 34.6. The smallest absolute Gasteiger partial charge is 0.334 e. The summed E-state index contributed by atoms with van der Waals surface area (Å²) in [5.41, 5.74) is 0. The van der Waals surface area contributed by atoms with E-state index in [-0.39, 0.29) is 25.2 Å². The van der Waals surface area contributed by atoms with E-state index < -0.39 is 12.1 Å². The number of nitrogens with one attached hydrogen (secondary N) is 1. The van der Waals surface area contributed by atoms with E-state index in [0.29, 0.717) is 18.4 Å². The van der Waals surface area contributed by atoms with Gasteiger partial charge in [-0.3, -0.25) is 0 Å². The SMILES string of the molecule is CC1CCCC(NC(=O)N2CCOC(C(=O)O)C2)C1C. The summed E-state index contributed by atoms with van der Waals surface area (Å²) in [5.74, 6) is 0.0664. The predicted molar refractivity (Wildman–Crippen MR) is 73.4 cm³/mol. The molecule has 2 fully saturated rings. The number of hydrogen-bond donors (Lipinski definition) is 2. The van der Waals surface area contributed by atoms with Crippen molar-refractivity contribution in [3.8, 4) is 0 Å². The number of carbonyl (C=O) groups excluding carboxylic acids is 1. The van der Waals surface area contributed by atoms with Gasteiger partial charge in [0.1, 0.15) is 0 Å². The molecule has 0 bridgehead atoms. The molecule has 114 valence electrons. The van der Waals surface area contributed by atoms with Crippen molar-refractivity contribution in [2.24, 2.45) is 11.8 Å². The van der Waals surface area contributed by atoms with Crippen LogP contribution in [-0.2, 0) is 9.53 Å². The van der Waals surface area contributed by atoms with Crippen LogP contribution in [0.2, 0.25) is 0 Å². The van der Waals surface area contributed by atoms with Crippen molar-refractivity contribution in [2.75, 3.05) is 19.7 Å². The number of morpholine rings is 1. The van der Waals surface area contributed by atoms with Crippen LogP contribution in [0.4, 0.5) is 4.79 Å². The van der Waals surface area contributed by atoms with E-state index in [1.165, 1.54) is 6.42 Å². The third kappa shape index (κ3) is 3.42. The average molecular weight is 284 g/mol. The van der Waals surface area contributed by atoms with Gasteiger partial charge in [0, 0.05) is 12.6 Å². The highest BCUT2D eigenvalue weighted by molar-refractivity contribution is 5.77. The second kappa shape index (κ2) is 6.43. The topological polar surface area (TPSA) is 78.9 Å². The van der Waals surface area contributed by atoms with Gasteiger partial charge >= 0.3 is 12.0 Å². The van der Waals surface area contributed by atoms with Crippen molar-refractivity contribution in [1.29, 1.82) is 0 Å². The predicted octanol–water partition coefficient (Wildman–Crippen LogP) is 1.31. The monoisotopic (exact) mass is 284 g/mol. The fourth-order valence-corrected chi connectivity index (χ4v) is 3.02. The maximum absolute atomic E-state index is 12.3. The van der Waals surface area contributed by atoms with Gasteiger partial charge in [0.05, 0.1) is 13.2 Å². The number of carbonyl (C=O) groups is 2. The summed E-state index contributed by atoms with van der Waals surface area (Å²) < 4.78 is 5.13. The number of nitrogens with zero attached hydrogens (tertiary/aromatic N) is 1. The van der Waals surface area contributed by atoms with Crippen molar-refractivity contribution in [3.05, 3.63) is 0 Å². The Morgan fingerprint density at radius 3 is 2.75 bits per heavy atom. The number of carboxylic acid groups (broad SMARTS) is 1. The van der Waals surface area contributed by atoms with Crippen LogP contribution >= 0.6 is 0 Å². The standard InChI is InChI=1S/C14H24N2O4/c1-9-4-3-5-11(10(9)2)15-14(19)16-6-7-20-12(8-16)13(17)18/h9-12H,3-8H2,1-2H3,(H,15,19)(H,17,18). The summed E-state index contributed by atoms with van der Waals surface area (Å²) in [7, 11) is 0. The van der Waals surface area contributed by atoms with E-state index in [1.807, 2.05) is 0 Å². The molecule has 20 heavy (non-hydrogen) atoms. The molecule has 2 N–H and O–H groups in total. The molecule has 4 unspecified atom stereocenters. The molecule has 1 aliphatic carbocycles. The molecular formula is C14H24N2O4. The van der Waals surface area contributed by atoms with Crippen LogP contribution in [-0.4, -0.2) is 53.8 Å². The molecule has 1 saturated carbocycles. The Morgan fingerprint density at radius 2 is 2.05 bits per heavy atom. The molecule has 0 aromatic heterocycles. The maximum Gasteiger partial charge on any atom is 0.334 e. The summed E-state index contributed by atoms with van der Waals surface area (Å²) in [6.07, 6.45) is 2.45. The number of ether oxygens (including phenoxy) is 1. The fraction of sp³-hybridized carbons (Fsp3) is 0.857. The second-order valence-corrected chi connectivity index (χ2v) is 5.97. The lowest BCUT2D eigenvalue weighted by molar-refractivity contribution is -0.154. The van der Waals surface area contributed by atoms with Crippen molar-refractivity contribution in [1.82, 2.24) is 10.2 Å². The van der Waals surface area contributed by atoms with Crippen LogP contribution in [0.5, 0.6) is 0 Å². The third-order valence-electron chi connectivity index (χ3n) is 4.64. The number of amides is 2. The quantitative estimate of drug-likeness (QED) is 0.801. The van der Waals surface area contributed by atoms with Crippen molar-refractivity contribution in [2.45, 2.75) is 45.3 Å². The van der Waals surface area contributed by atoms with Crippen molar-refractivity contribution < 1.29 is 19.4 Å². The Morgan fingerprint density at radius 1 is 1.30 bits per heavy atom. The van der Waals surface area contributed by atoms with Crippen LogP contribution in [0.15, 0.2) is 0 Å². The Balaban J connectivity index is 1.89. The summed E-state index contributed by atoms with van der Waals surface area (Å²) in [6, 6.07) is 0.0304. The highest BCUT2D eigenvalue weighted by Gasteiger charge is 2.32. The molecule has 2 aliphatic rings. The van der Waals surface area contributed by atoms with E-state index >= 15 is 0 Å². The zero-order chi connectivity index (χ0) is 14.7. The molecule has 4 atom stereocenters. The van der Waals surface area contributed by atoms with Gasteiger partial charge in [-0.05, 0) is 18.3 Å². The highest BCUT2D eigenvalue weighted by Crippen LogP contribution is 2.29. The number of aliphatic carboxylic acids is 1. The molecule has 6 heteroatoms. The van der Waals surface area contributed by atoms with E-state index in [4.69, 9.17) is 9.84 Å². The van der Waals surface area contributed by atoms with E-state index in [0.717, 1.165) is 12.8 Å².